The minimum absolute atomic E-state index is 0.183. The molecule has 0 saturated carbocycles. The zero-order valence-corrected chi connectivity index (χ0v) is 16.7. The molecule has 0 aromatic carbocycles. The highest BCUT2D eigenvalue weighted by atomic mass is 19.1. The van der Waals surface area contributed by atoms with E-state index in [0.29, 0.717) is 23.3 Å². The van der Waals surface area contributed by atoms with Gasteiger partial charge >= 0.3 is 0 Å². The summed E-state index contributed by atoms with van der Waals surface area (Å²) in [5, 5.41) is 26.7. The van der Waals surface area contributed by atoms with Crippen molar-refractivity contribution in [1.29, 1.82) is 10.7 Å². The molecule has 1 aliphatic carbocycles. The molecule has 1 amide bonds. The van der Waals surface area contributed by atoms with Crippen LogP contribution in [-0.2, 0) is 10.2 Å². The van der Waals surface area contributed by atoms with Crippen LogP contribution >= 0.6 is 0 Å². The van der Waals surface area contributed by atoms with Crippen LogP contribution in [0.3, 0.4) is 0 Å². The molecule has 11 heteroatoms. The van der Waals surface area contributed by atoms with Gasteiger partial charge in [-0.1, -0.05) is 13.8 Å². The van der Waals surface area contributed by atoms with E-state index < -0.39 is 17.3 Å². The lowest BCUT2D eigenvalue weighted by molar-refractivity contribution is -0.117. The Bertz CT molecular complexity index is 1270. The van der Waals surface area contributed by atoms with Gasteiger partial charge in [-0.25, -0.2) is 14.5 Å². The Labute approximate surface area is 176 Å². The van der Waals surface area contributed by atoms with Crippen LogP contribution in [0.25, 0.3) is 5.65 Å². The molecule has 156 valence electrons. The minimum Gasteiger partial charge on any atom is -0.324 e. The fourth-order valence-corrected chi connectivity index (χ4v) is 3.87. The molecule has 3 aromatic rings. The van der Waals surface area contributed by atoms with Gasteiger partial charge in [-0.2, -0.15) is 14.8 Å². The number of halogens is 1. The summed E-state index contributed by atoms with van der Waals surface area (Å²) in [6.07, 6.45) is 5.68. The first-order chi connectivity index (χ1) is 14.8. The van der Waals surface area contributed by atoms with Crippen LogP contribution < -0.4 is 10.7 Å². The van der Waals surface area contributed by atoms with Gasteiger partial charge in [0.1, 0.15) is 6.07 Å². The highest BCUT2D eigenvalue weighted by Gasteiger charge is 2.43. The van der Waals surface area contributed by atoms with E-state index in [1.54, 1.807) is 6.20 Å². The SMILES string of the molecule is CC1(C)C[C@@H](C(=O)Nc2cnc(N/N=C\C=N)c(C#N)c2)c2cnc3cc(F)nn3c21. The van der Waals surface area contributed by atoms with Crippen molar-refractivity contribution in [2.24, 2.45) is 5.10 Å². The first-order valence-electron chi connectivity index (χ1n) is 9.38. The van der Waals surface area contributed by atoms with E-state index in [-0.39, 0.29) is 17.3 Å². The van der Waals surface area contributed by atoms with Gasteiger partial charge in [0.15, 0.2) is 11.5 Å². The van der Waals surface area contributed by atoms with Gasteiger partial charge in [0.05, 0.1) is 35.3 Å². The van der Waals surface area contributed by atoms with Crippen molar-refractivity contribution in [3.05, 3.63) is 47.3 Å². The Morgan fingerprint density at radius 3 is 2.97 bits per heavy atom. The number of nitrogens with one attached hydrogen (secondary N) is 3. The molecule has 0 bridgehead atoms. The van der Waals surface area contributed by atoms with E-state index in [4.69, 9.17) is 5.41 Å². The van der Waals surface area contributed by atoms with Crippen LogP contribution in [0.1, 0.15) is 43.0 Å². The lowest BCUT2D eigenvalue weighted by atomic mass is 9.88. The van der Waals surface area contributed by atoms with E-state index >= 15 is 0 Å². The van der Waals surface area contributed by atoms with Crippen LogP contribution in [0.15, 0.2) is 29.6 Å². The van der Waals surface area contributed by atoms with Crippen LogP contribution in [0.4, 0.5) is 15.9 Å². The number of anilines is 2. The lowest BCUT2D eigenvalue weighted by Gasteiger charge is -2.19. The highest BCUT2D eigenvalue weighted by Crippen LogP contribution is 2.45. The van der Waals surface area contributed by atoms with Gasteiger partial charge in [0.25, 0.3) is 0 Å². The summed E-state index contributed by atoms with van der Waals surface area (Å²) in [6, 6.07) is 4.73. The third kappa shape index (κ3) is 3.59. The number of amides is 1. The molecule has 4 rings (SSSR count). The normalized spacial score (nSPS) is 16.8. The van der Waals surface area contributed by atoms with Crippen molar-refractivity contribution in [3.8, 4) is 6.07 Å². The van der Waals surface area contributed by atoms with Gasteiger partial charge in [0, 0.05) is 29.5 Å². The third-order valence-corrected chi connectivity index (χ3v) is 5.12. The Hall–Kier alpha value is -4.20. The molecule has 3 N–H and O–H groups in total. The number of carbonyl (C=O) groups is 1. The fourth-order valence-electron chi connectivity index (χ4n) is 3.87. The predicted octanol–water partition coefficient (Wildman–Crippen LogP) is 2.59. The number of hydrogen-bond acceptors (Lipinski definition) is 8. The van der Waals surface area contributed by atoms with Gasteiger partial charge in [-0.05, 0) is 12.5 Å². The summed E-state index contributed by atoms with van der Waals surface area (Å²) in [5.41, 5.74) is 4.51. The standard InChI is InChI=1S/C20H18FN9O/c1-20(2)7-13(14-10-24-16-6-15(21)29-30(16)17(14)20)19(31)27-12-5-11(8-23)18(25-9-12)28-26-4-3-22/h3-6,9-10,13,22H,7H2,1-2H3,(H,25,28)(H,27,31)/b22-3?,26-4-/t13-/m1/s1. The number of nitrogens with zero attached hydrogens (tertiary/aromatic N) is 6. The smallest absolute Gasteiger partial charge is 0.235 e. The fraction of sp³-hybridized carbons (Fsp3) is 0.250. The first-order valence-corrected chi connectivity index (χ1v) is 9.38. The zero-order chi connectivity index (χ0) is 22.2. The van der Waals surface area contributed by atoms with Crippen molar-refractivity contribution >= 4 is 35.5 Å². The molecular formula is C20H18FN9O. The number of rotatable bonds is 5. The number of aromatic nitrogens is 4. The summed E-state index contributed by atoms with van der Waals surface area (Å²) in [4.78, 5) is 21.4. The Balaban J connectivity index is 1.62. The number of nitriles is 1. The molecule has 0 aliphatic heterocycles. The number of fused-ring (bicyclic) bond motifs is 3. The quantitative estimate of drug-likeness (QED) is 0.428. The summed E-state index contributed by atoms with van der Waals surface area (Å²) in [5.74, 6) is -1.22. The maximum absolute atomic E-state index is 13.7. The predicted molar refractivity (Wildman–Crippen MR) is 112 cm³/mol. The Kier molecular flexibility index (Phi) is 4.90. The van der Waals surface area contributed by atoms with Gasteiger partial charge in [-0.15, -0.1) is 5.10 Å². The van der Waals surface area contributed by atoms with E-state index in [2.05, 4.69) is 30.9 Å². The van der Waals surface area contributed by atoms with Gasteiger partial charge in [0.2, 0.25) is 11.9 Å². The average molecular weight is 419 g/mol. The van der Waals surface area contributed by atoms with Gasteiger partial charge in [-0.3, -0.25) is 10.2 Å². The maximum Gasteiger partial charge on any atom is 0.235 e. The number of hydrazone groups is 1. The van der Waals surface area contributed by atoms with Crippen LogP contribution in [0.2, 0.25) is 0 Å². The van der Waals surface area contributed by atoms with Crippen molar-refractivity contribution in [2.45, 2.75) is 31.6 Å². The molecule has 1 aliphatic rings. The Morgan fingerprint density at radius 2 is 2.23 bits per heavy atom. The molecule has 31 heavy (non-hydrogen) atoms. The molecule has 0 saturated heterocycles. The molecule has 0 fully saturated rings. The molecule has 3 aromatic heterocycles. The summed E-state index contributed by atoms with van der Waals surface area (Å²) in [7, 11) is 0. The second-order valence-corrected chi connectivity index (χ2v) is 7.72. The Morgan fingerprint density at radius 1 is 1.42 bits per heavy atom. The zero-order valence-electron chi connectivity index (χ0n) is 16.7. The van der Waals surface area contributed by atoms with Crippen molar-refractivity contribution in [1.82, 2.24) is 19.6 Å². The summed E-state index contributed by atoms with van der Waals surface area (Å²) < 4.78 is 15.1. The minimum atomic E-state index is -0.627. The van der Waals surface area contributed by atoms with Gasteiger partial charge < -0.3 is 10.7 Å². The topological polar surface area (TPSA) is 144 Å². The van der Waals surface area contributed by atoms with E-state index in [9.17, 15) is 14.4 Å². The molecular weight excluding hydrogens is 401 g/mol. The highest BCUT2D eigenvalue weighted by molar-refractivity contribution is 6.14. The van der Waals surface area contributed by atoms with Crippen LogP contribution in [0.5, 0.6) is 0 Å². The molecule has 0 unspecified atom stereocenters. The van der Waals surface area contributed by atoms with E-state index in [1.165, 1.54) is 29.1 Å². The monoisotopic (exact) mass is 419 g/mol. The first kappa shape index (κ1) is 20.1. The summed E-state index contributed by atoms with van der Waals surface area (Å²) >= 11 is 0. The van der Waals surface area contributed by atoms with Crippen LogP contribution in [0, 0.1) is 22.7 Å². The number of hydrogen-bond donors (Lipinski definition) is 3. The molecule has 1 atom stereocenters. The lowest BCUT2D eigenvalue weighted by Crippen LogP contribution is -2.21. The molecule has 3 heterocycles. The van der Waals surface area contributed by atoms with Crippen molar-refractivity contribution in [3.63, 3.8) is 0 Å². The van der Waals surface area contributed by atoms with Crippen molar-refractivity contribution < 1.29 is 9.18 Å². The number of carbonyl (C=O) groups excluding carboxylic acids is 1. The molecule has 0 radical (unpaired) electrons. The van der Waals surface area contributed by atoms with Crippen molar-refractivity contribution in [2.75, 3.05) is 10.7 Å². The second-order valence-electron chi connectivity index (χ2n) is 7.72. The number of pyridine rings is 1. The van der Waals surface area contributed by atoms with E-state index in [1.807, 2.05) is 19.9 Å². The maximum atomic E-state index is 13.7. The molecule has 10 nitrogen and oxygen atoms in total. The van der Waals surface area contributed by atoms with E-state index in [0.717, 1.165) is 11.9 Å². The third-order valence-electron chi connectivity index (χ3n) is 5.12. The summed E-state index contributed by atoms with van der Waals surface area (Å²) in [6.45, 7) is 3.95. The second kappa shape index (κ2) is 7.56. The molecule has 0 spiro atoms. The van der Waals surface area contributed by atoms with Crippen LogP contribution in [-0.4, -0.2) is 37.9 Å². The largest absolute Gasteiger partial charge is 0.324 e. The average Bonchev–Trinajstić information content (AvgIpc) is 3.24.